The lowest BCUT2D eigenvalue weighted by molar-refractivity contribution is -0.136. The molecule has 0 amide bonds. The number of aliphatic carboxylic acids is 1. The summed E-state index contributed by atoms with van der Waals surface area (Å²) in [6.45, 7) is 4.02. The van der Waals surface area contributed by atoms with Crippen molar-refractivity contribution in [1.29, 1.82) is 0 Å². The summed E-state index contributed by atoms with van der Waals surface area (Å²) in [6, 6.07) is 0. The van der Waals surface area contributed by atoms with E-state index in [1.165, 1.54) is 0 Å². The van der Waals surface area contributed by atoms with Gasteiger partial charge in [0.05, 0.1) is 12.1 Å². The Morgan fingerprint density at radius 2 is 2.29 bits per heavy atom. The van der Waals surface area contributed by atoms with Crippen LogP contribution in [0.4, 0.5) is 0 Å². The van der Waals surface area contributed by atoms with Crippen LogP contribution in [0.2, 0.25) is 0 Å². The van der Waals surface area contributed by atoms with Crippen LogP contribution in [0.5, 0.6) is 0 Å². The van der Waals surface area contributed by atoms with Gasteiger partial charge in [-0.3, -0.25) is 4.79 Å². The van der Waals surface area contributed by atoms with Crippen LogP contribution in [0, 0.1) is 6.92 Å². The SMILES string of the molecule is Cc1[nH]c(C2(C)CC2)nc1CC(=O)O. The largest absolute Gasteiger partial charge is 0.481 e. The lowest BCUT2D eigenvalue weighted by Gasteiger charge is -2.01. The summed E-state index contributed by atoms with van der Waals surface area (Å²) in [6.07, 6.45) is 2.30. The van der Waals surface area contributed by atoms with Crippen molar-refractivity contribution in [2.75, 3.05) is 0 Å². The van der Waals surface area contributed by atoms with Crippen molar-refractivity contribution in [2.24, 2.45) is 0 Å². The number of aromatic amines is 1. The average Bonchev–Trinajstić information content (AvgIpc) is 2.71. The summed E-state index contributed by atoms with van der Waals surface area (Å²) in [5.74, 6) is 0.123. The molecule has 1 aromatic heterocycles. The molecule has 1 aliphatic rings. The number of hydrogen-bond donors (Lipinski definition) is 2. The van der Waals surface area contributed by atoms with Crippen molar-refractivity contribution < 1.29 is 9.90 Å². The molecule has 2 N–H and O–H groups in total. The van der Waals surface area contributed by atoms with E-state index >= 15 is 0 Å². The van der Waals surface area contributed by atoms with E-state index in [9.17, 15) is 4.79 Å². The van der Waals surface area contributed by atoms with Crippen LogP contribution in [0.15, 0.2) is 0 Å². The van der Waals surface area contributed by atoms with E-state index in [0.29, 0.717) is 5.69 Å². The Bertz CT molecular complexity index is 377. The molecule has 1 heterocycles. The maximum atomic E-state index is 10.5. The average molecular weight is 194 g/mol. The normalized spacial score (nSPS) is 18.1. The zero-order chi connectivity index (χ0) is 10.3. The monoisotopic (exact) mass is 194 g/mol. The van der Waals surface area contributed by atoms with Crippen LogP contribution < -0.4 is 0 Å². The highest BCUT2D eigenvalue weighted by Gasteiger charge is 2.42. The van der Waals surface area contributed by atoms with Gasteiger partial charge in [0.2, 0.25) is 0 Å². The number of nitrogens with one attached hydrogen (secondary N) is 1. The van der Waals surface area contributed by atoms with E-state index in [1.54, 1.807) is 0 Å². The maximum absolute atomic E-state index is 10.5. The number of carbonyl (C=O) groups is 1. The number of carboxylic acid groups (broad SMARTS) is 1. The number of H-pyrrole nitrogens is 1. The second kappa shape index (κ2) is 2.83. The van der Waals surface area contributed by atoms with Gasteiger partial charge in [-0.25, -0.2) is 4.98 Å². The molecule has 1 fully saturated rings. The molecule has 0 aliphatic heterocycles. The van der Waals surface area contributed by atoms with E-state index in [1.807, 2.05) is 6.92 Å². The van der Waals surface area contributed by atoms with Gasteiger partial charge in [-0.2, -0.15) is 0 Å². The summed E-state index contributed by atoms with van der Waals surface area (Å²) in [7, 11) is 0. The number of hydrogen-bond acceptors (Lipinski definition) is 2. The summed E-state index contributed by atoms with van der Waals surface area (Å²) >= 11 is 0. The van der Waals surface area contributed by atoms with E-state index in [0.717, 1.165) is 24.4 Å². The van der Waals surface area contributed by atoms with Gasteiger partial charge in [0.25, 0.3) is 0 Å². The first kappa shape index (κ1) is 9.24. The Morgan fingerprint density at radius 1 is 1.64 bits per heavy atom. The van der Waals surface area contributed by atoms with E-state index in [4.69, 9.17) is 5.11 Å². The molecule has 14 heavy (non-hydrogen) atoms. The third-order valence-corrected chi connectivity index (χ3v) is 2.88. The van der Waals surface area contributed by atoms with Gasteiger partial charge in [0.1, 0.15) is 5.82 Å². The molecule has 4 heteroatoms. The minimum Gasteiger partial charge on any atom is -0.481 e. The molecule has 76 valence electrons. The molecule has 1 aromatic rings. The summed E-state index contributed by atoms with van der Waals surface area (Å²) in [4.78, 5) is 18.1. The second-order valence-electron chi connectivity index (χ2n) is 4.29. The van der Waals surface area contributed by atoms with Crippen LogP contribution in [-0.4, -0.2) is 21.0 Å². The van der Waals surface area contributed by atoms with Gasteiger partial charge in [0.15, 0.2) is 0 Å². The van der Waals surface area contributed by atoms with Crippen molar-refractivity contribution in [3.8, 4) is 0 Å². The Labute approximate surface area is 82.4 Å². The summed E-state index contributed by atoms with van der Waals surface area (Å²) in [5.41, 5.74) is 1.73. The number of rotatable bonds is 3. The van der Waals surface area contributed by atoms with Crippen LogP contribution in [0.3, 0.4) is 0 Å². The highest BCUT2D eigenvalue weighted by Crippen LogP contribution is 2.46. The van der Waals surface area contributed by atoms with E-state index in [2.05, 4.69) is 16.9 Å². The lowest BCUT2D eigenvalue weighted by atomic mass is 10.1. The van der Waals surface area contributed by atoms with Crippen LogP contribution in [0.1, 0.15) is 37.0 Å². The molecule has 0 radical (unpaired) electrons. The quantitative estimate of drug-likeness (QED) is 0.764. The topological polar surface area (TPSA) is 66.0 Å². The Hall–Kier alpha value is -1.32. The molecule has 2 rings (SSSR count). The molecular weight excluding hydrogens is 180 g/mol. The standard InChI is InChI=1S/C10H14N2O2/c1-6-7(5-8(13)14)12-9(11-6)10(2)3-4-10/h3-5H2,1-2H3,(H,11,12)(H,13,14). The van der Waals surface area contributed by atoms with Crippen LogP contribution in [-0.2, 0) is 16.6 Å². The highest BCUT2D eigenvalue weighted by atomic mass is 16.4. The number of carboxylic acids is 1. The van der Waals surface area contributed by atoms with Gasteiger partial charge >= 0.3 is 5.97 Å². The first-order valence-electron chi connectivity index (χ1n) is 4.79. The van der Waals surface area contributed by atoms with E-state index in [-0.39, 0.29) is 11.8 Å². The molecule has 4 nitrogen and oxygen atoms in total. The molecule has 0 bridgehead atoms. The molecule has 0 spiro atoms. The van der Waals surface area contributed by atoms with Crippen molar-refractivity contribution in [1.82, 2.24) is 9.97 Å². The van der Waals surface area contributed by atoms with Crippen molar-refractivity contribution in [2.45, 2.75) is 38.5 Å². The fraction of sp³-hybridized carbons (Fsp3) is 0.600. The number of aromatic nitrogens is 2. The third kappa shape index (κ3) is 1.52. The lowest BCUT2D eigenvalue weighted by Crippen LogP contribution is -2.04. The van der Waals surface area contributed by atoms with Gasteiger partial charge in [-0.15, -0.1) is 0 Å². The number of aryl methyl sites for hydroxylation is 1. The zero-order valence-corrected chi connectivity index (χ0v) is 8.42. The molecule has 0 saturated heterocycles. The number of imidazole rings is 1. The second-order valence-corrected chi connectivity index (χ2v) is 4.29. The molecule has 1 aliphatic carbocycles. The Kier molecular flexibility index (Phi) is 1.87. The molecule has 0 atom stereocenters. The summed E-state index contributed by atoms with van der Waals surface area (Å²) in [5, 5.41) is 8.67. The highest BCUT2D eigenvalue weighted by molar-refractivity contribution is 5.69. The predicted molar refractivity (Wildman–Crippen MR) is 51.3 cm³/mol. The third-order valence-electron chi connectivity index (χ3n) is 2.88. The van der Waals surface area contributed by atoms with E-state index < -0.39 is 5.97 Å². The molecular formula is C10H14N2O2. The summed E-state index contributed by atoms with van der Waals surface area (Å²) < 4.78 is 0. The molecule has 1 saturated carbocycles. The van der Waals surface area contributed by atoms with Crippen LogP contribution >= 0.6 is 0 Å². The molecule has 0 aromatic carbocycles. The van der Waals surface area contributed by atoms with Gasteiger partial charge in [-0.05, 0) is 19.8 Å². The molecule has 0 unspecified atom stereocenters. The van der Waals surface area contributed by atoms with Gasteiger partial charge < -0.3 is 10.1 Å². The Morgan fingerprint density at radius 3 is 2.79 bits per heavy atom. The number of nitrogens with zero attached hydrogens (tertiary/aromatic N) is 1. The first-order chi connectivity index (χ1) is 6.51. The van der Waals surface area contributed by atoms with Crippen molar-refractivity contribution >= 4 is 5.97 Å². The fourth-order valence-corrected chi connectivity index (χ4v) is 1.52. The van der Waals surface area contributed by atoms with Crippen LogP contribution in [0.25, 0.3) is 0 Å². The first-order valence-corrected chi connectivity index (χ1v) is 4.79. The predicted octanol–water partition coefficient (Wildman–Crippen LogP) is 1.40. The fourth-order valence-electron chi connectivity index (χ4n) is 1.52. The zero-order valence-electron chi connectivity index (χ0n) is 8.42. The van der Waals surface area contributed by atoms with Crippen molar-refractivity contribution in [3.05, 3.63) is 17.2 Å². The Balaban J connectivity index is 2.25. The maximum Gasteiger partial charge on any atom is 0.309 e. The minimum absolute atomic E-state index is 0.0123. The van der Waals surface area contributed by atoms with Gasteiger partial charge in [-0.1, -0.05) is 6.92 Å². The minimum atomic E-state index is -0.827. The van der Waals surface area contributed by atoms with Crippen molar-refractivity contribution in [3.63, 3.8) is 0 Å². The smallest absolute Gasteiger partial charge is 0.309 e. The van der Waals surface area contributed by atoms with Gasteiger partial charge in [0, 0.05) is 11.1 Å².